The molecule has 1 nitrogen and oxygen atoms in total. The highest BCUT2D eigenvalue weighted by atomic mass is 16.3. The van der Waals surface area contributed by atoms with E-state index < -0.39 is 0 Å². The molecule has 1 fully saturated rings. The molecule has 0 aliphatic heterocycles. The Morgan fingerprint density at radius 1 is 1.60 bits per heavy atom. The van der Waals surface area contributed by atoms with Crippen LogP contribution in [0, 0.1) is 17.8 Å². The van der Waals surface area contributed by atoms with Gasteiger partial charge in [-0.15, -0.1) is 0 Å². The van der Waals surface area contributed by atoms with Gasteiger partial charge in [0.05, 0.1) is 6.10 Å². The van der Waals surface area contributed by atoms with Crippen molar-refractivity contribution in [2.24, 2.45) is 17.8 Å². The molecule has 0 aromatic rings. The third-order valence-corrected chi connectivity index (χ3v) is 4.17. The molecule has 1 saturated carbocycles. The number of aliphatic hydroxyl groups is 1. The average molecular weight is 206 g/mol. The first-order chi connectivity index (χ1) is 7.11. The van der Waals surface area contributed by atoms with Gasteiger partial charge in [-0.05, 0) is 56.4 Å². The van der Waals surface area contributed by atoms with Crippen LogP contribution in [0.3, 0.4) is 0 Å². The van der Waals surface area contributed by atoms with E-state index in [0.29, 0.717) is 5.92 Å². The lowest BCUT2D eigenvalue weighted by atomic mass is 9.88. The van der Waals surface area contributed by atoms with Crippen LogP contribution in [-0.4, -0.2) is 11.2 Å². The quantitative estimate of drug-likeness (QED) is 0.702. The van der Waals surface area contributed by atoms with Gasteiger partial charge in [-0.25, -0.2) is 0 Å². The third-order valence-electron chi connectivity index (χ3n) is 4.17. The molecule has 2 bridgehead atoms. The summed E-state index contributed by atoms with van der Waals surface area (Å²) in [7, 11) is 0. The fourth-order valence-electron chi connectivity index (χ4n) is 3.10. The number of hydrogen-bond acceptors (Lipinski definition) is 1. The van der Waals surface area contributed by atoms with E-state index in [1.54, 1.807) is 5.57 Å². The van der Waals surface area contributed by atoms with Gasteiger partial charge in [0, 0.05) is 0 Å². The maximum Gasteiger partial charge on any atom is 0.0744 e. The summed E-state index contributed by atoms with van der Waals surface area (Å²) in [5.41, 5.74) is 2.76. The maximum absolute atomic E-state index is 9.73. The lowest BCUT2D eigenvalue weighted by molar-refractivity contribution is 0.205. The van der Waals surface area contributed by atoms with E-state index in [1.807, 2.05) is 6.92 Å². The number of rotatable bonds is 3. The average Bonchev–Trinajstić information content (AvgIpc) is 2.75. The maximum atomic E-state index is 9.73. The van der Waals surface area contributed by atoms with Crippen LogP contribution < -0.4 is 0 Å². The molecular formula is C14H22O. The summed E-state index contributed by atoms with van der Waals surface area (Å²) in [5.74, 6) is 2.29. The van der Waals surface area contributed by atoms with E-state index in [9.17, 15) is 5.11 Å². The molecule has 0 radical (unpaired) electrons. The first-order valence-electron chi connectivity index (χ1n) is 6.16. The van der Waals surface area contributed by atoms with Crippen molar-refractivity contribution in [2.45, 2.75) is 46.1 Å². The molecule has 0 heterocycles. The predicted octanol–water partition coefficient (Wildman–Crippen LogP) is 3.31. The second kappa shape index (κ2) is 4.13. The number of hydrogen-bond donors (Lipinski definition) is 1. The van der Waals surface area contributed by atoms with Crippen LogP contribution >= 0.6 is 0 Å². The summed E-state index contributed by atoms with van der Waals surface area (Å²) >= 11 is 0. The van der Waals surface area contributed by atoms with Gasteiger partial charge < -0.3 is 5.11 Å². The van der Waals surface area contributed by atoms with Crippen LogP contribution in [0.1, 0.15) is 40.0 Å². The minimum Gasteiger partial charge on any atom is -0.389 e. The van der Waals surface area contributed by atoms with Crippen LogP contribution in [0.25, 0.3) is 0 Å². The Morgan fingerprint density at radius 3 is 2.80 bits per heavy atom. The Kier molecular flexibility index (Phi) is 3.01. The van der Waals surface area contributed by atoms with Gasteiger partial charge in [0.15, 0.2) is 0 Å². The monoisotopic (exact) mass is 206 g/mol. The van der Waals surface area contributed by atoms with Crippen molar-refractivity contribution in [1.82, 2.24) is 0 Å². The van der Waals surface area contributed by atoms with E-state index in [4.69, 9.17) is 0 Å². The van der Waals surface area contributed by atoms with Crippen molar-refractivity contribution in [2.75, 3.05) is 0 Å². The molecule has 0 spiro atoms. The highest BCUT2D eigenvalue weighted by Gasteiger charge is 2.37. The van der Waals surface area contributed by atoms with Gasteiger partial charge in [-0.1, -0.05) is 24.6 Å². The minimum absolute atomic E-state index is 0.228. The van der Waals surface area contributed by atoms with Gasteiger partial charge in [-0.2, -0.15) is 0 Å². The molecule has 2 rings (SSSR count). The summed E-state index contributed by atoms with van der Waals surface area (Å²) in [6.45, 7) is 6.36. The first-order valence-corrected chi connectivity index (χ1v) is 6.16. The van der Waals surface area contributed by atoms with Crippen LogP contribution in [-0.2, 0) is 0 Å². The fourth-order valence-corrected chi connectivity index (χ4v) is 3.10. The van der Waals surface area contributed by atoms with E-state index in [0.717, 1.165) is 18.3 Å². The lowest BCUT2D eigenvalue weighted by Crippen LogP contribution is -2.11. The molecule has 0 aromatic heterocycles. The van der Waals surface area contributed by atoms with Crippen LogP contribution in [0.2, 0.25) is 0 Å². The summed E-state index contributed by atoms with van der Waals surface area (Å²) < 4.78 is 0. The zero-order valence-corrected chi connectivity index (χ0v) is 10.0. The van der Waals surface area contributed by atoms with Crippen molar-refractivity contribution in [1.29, 1.82) is 0 Å². The lowest BCUT2D eigenvalue weighted by Gasteiger charge is -2.19. The number of fused-ring (bicyclic) bond motifs is 2. The van der Waals surface area contributed by atoms with E-state index in [-0.39, 0.29) is 6.10 Å². The Hall–Kier alpha value is -0.560. The Balaban J connectivity index is 2.04. The second-order valence-electron chi connectivity index (χ2n) is 5.24. The second-order valence-corrected chi connectivity index (χ2v) is 5.24. The van der Waals surface area contributed by atoms with Gasteiger partial charge in [-0.3, -0.25) is 0 Å². The molecular weight excluding hydrogens is 184 g/mol. The molecule has 1 N–H and O–H groups in total. The first kappa shape index (κ1) is 10.9. The fraction of sp³-hybridized carbons (Fsp3) is 0.714. The Labute approximate surface area is 92.9 Å². The molecule has 2 aliphatic carbocycles. The van der Waals surface area contributed by atoms with Crippen LogP contribution in [0.4, 0.5) is 0 Å². The Morgan fingerprint density at radius 2 is 2.33 bits per heavy atom. The van der Waals surface area contributed by atoms with Crippen molar-refractivity contribution < 1.29 is 5.11 Å². The van der Waals surface area contributed by atoms with Gasteiger partial charge in [0.1, 0.15) is 0 Å². The third kappa shape index (κ3) is 2.03. The summed E-state index contributed by atoms with van der Waals surface area (Å²) in [6.07, 6.45) is 8.03. The largest absolute Gasteiger partial charge is 0.389 e. The summed E-state index contributed by atoms with van der Waals surface area (Å²) in [4.78, 5) is 0. The van der Waals surface area contributed by atoms with Gasteiger partial charge >= 0.3 is 0 Å². The van der Waals surface area contributed by atoms with E-state index in [1.165, 1.54) is 18.4 Å². The predicted molar refractivity (Wildman–Crippen MR) is 63.5 cm³/mol. The van der Waals surface area contributed by atoms with Gasteiger partial charge in [0.2, 0.25) is 0 Å². The summed E-state index contributed by atoms with van der Waals surface area (Å²) in [5, 5.41) is 9.73. The summed E-state index contributed by atoms with van der Waals surface area (Å²) in [6, 6.07) is 0. The molecule has 0 amide bonds. The molecule has 0 saturated heterocycles. The highest BCUT2D eigenvalue weighted by molar-refractivity contribution is 5.23. The topological polar surface area (TPSA) is 20.2 Å². The van der Waals surface area contributed by atoms with Crippen molar-refractivity contribution >= 4 is 0 Å². The van der Waals surface area contributed by atoms with Crippen molar-refractivity contribution in [3.8, 4) is 0 Å². The van der Waals surface area contributed by atoms with Crippen LogP contribution in [0.5, 0.6) is 0 Å². The van der Waals surface area contributed by atoms with E-state index in [2.05, 4.69) is 26.0 Å². The van der Waals surface area contributed by atoms with Crippen LogP contribution in [0.15, 0.2) is 23.3 Å². The number of aliphatic hydroxyl groups excluding tert-OH is 1. The zero-order valence-electron chi connectivity index (χ0n) is 10.0. The standard InChI is InChI=1S/C14H22O/c1-4-14(15)10(3)6-13-8-11-7-12(13)5-9(11)2/h5-6,11-15H,4,7-8H2,1-3H3. The van der Waals surface area contributed by atoms with E-state index >= 15 is 0 Å². The molecule has 15 heavy (non-hydrogen) atoms. The molecule has 1 heteroatoms. The smallest absolute Gasteiger partial charge is 0.0744 e. The molecule has 4 unspecified atom stereocenters. The highest BCUT2D eigenvalue weighted by Crippen LogP contribution is 2.48. The SMILES string of the molecule is CCC(O)C(C)=CC1CC2CC1C=C2C. The van der Waals surface area contributed by atoms with Crippen molar-refractivity contribution in [3.63, 3.8) is 0 Å². The van der Waals surface area contributed by atoms with Crippen molar-refractivity contribution in [3.05, 3.63) is 23.3 Å². The molecule has 84 valence electrons. The minimum atomic E-state index is -0.228. The zero-order chi connectivity index (χ0) is 11.0. The normalized spacial score (nSPS) is 36.9. The molecule has 2 aliphatic rings. The van der Waals surface area contributed by atoms with Gasteiger partial charge in [0.25, 0.3) is 0 Å². The number of allylic oxidation sites excluding steroid dienone is 3. The molecule has 4 atom stereocenters. The Bertz CT molecular complexity index is 300. The molecule has 0 aromatic carbocycles.